The molecule has 0 aromatic carbocycles. The molecule has 1 aromatic rings. The van der Waals surface area contributed by atoms with Gasteiger partial charge in [0.25, 0.3) is 0 Å². The van der Waals surface area contributed by atoms with E-state index < -0.39 is 0 Å². The third kappa shape index (κ3) is 4.29. The Morgan fingerprint density at radius 1 is 1.05 bits per heavy atom. The fraction of sp³-hybridized carbons (Fsp3) is 0.882. The molecule has 3 rings (SSSR count). The van der Waals surface area contributed by atoms with Crippen molar-refractivity contribution >= 4 is 0 Å². The van der Waals surface area contributed by atoms with Crippen LogP contribution in [0.1, 0.15) is 70.0 Å². The van der Waals surface area contributed by atoms with Gasteiger partial charge in [-0.2, -0.15) is 5.10 Å². The first-order valence-electron chi connectivity index (χ1n) is 9.01. The molecule has 4 nitrogen and oxygen atoms in total. The number of nitrogens with one attached hydrogen (secondary N) is 2. The van der Waals surface area contributed by atoms with Gasteiger partial charge in [-0.3, -0.25) is 5.10 Å². The second kappa shape index (κ2) is 7.92. The van der Waals surface area contributed by atoms with Crippen LogP contribution in [0.2, 0.25) is 0 Å². The van der Waals surface area contributed by atoms with E-state index in [1.165, 1.54) is 57.8 Å². The van der Waals surface area contributed by atoms with Crippen molar-refractivity contribution in [3.05, 3.63) is 12.2 Å². The lowest BCUT2D eigenvalue weighted by Gasteiger charge is -2.39. The van der Waals surface area contributed by atoms with Crippen LogP contribution < -0.4 is 5.32 Å². The first-order chi connectivity index (χ1) is 10.4. The third-order valence-corrected chi connectivity index (χ3v) is 5.54. The summed E-state index contributed by atoms with van der Waals surface area (Å²) >= 11 is 0. The quantitative estimate of drug-likeness (QED) is 0.789. The molecule has 2 saturated carbocycles. The average molecular weight is 290 g/mol. The molecule has 1 aromatic heterocycles. The lowest BCUT2D eigenvalue weighted by atomic mass is 9.71. The topological polar surface area (TPSA) is 53.6 Å². The minimum absolute atomic E-state index is 0.775. The molecular formula is C17H30N4. The van der Waals surface area contributed by atoms with Crippen LogP contribution in [-0.2, 0) is 6.42 Å². The van der Waals surface area contributed by atoms with Crippen LogP contribution in [0.5, 0.6) is 0 Å². The number of hydrogen-bond donors (Lipinski definition) is 2. The molecule has 0 spiro atoms. The maximum Gasteiger partial charge on any atom is 0.137 e. The molecular weight excluding hydrogens is 260 g/mol. The predicted octanol–water partition coefficient (Wildman–Crippen LogP) is 3.47. The van der Waals surface area contributed by atoms with E-state index in [0.717, 1.165) is 43.1 Å². The van der Waals surface area contributed by atoms with Gasteiger partial charge in [-0.1, -0.05) is 44.9 Å². The number of aryl methyl sites for hydroxylation is 1. The molecule has 2 N–H and O–H groups in total. The van der Waals surface area contributed by atoms with Gasteiger partial charge in [0.15, 0.2) is 0 Å². The SMILES string of the molecule is c1n[nH]c(CCCNC2CCCCC2C2CCCCC2)n1. The van der Waals surface area contributed by atoms with Gasteiger partial charge in [-0.15, -0.1) is 0 Å². The summed E-state index contributed by atoms with van der Waals surface area (Å²) in [6.07, 6.45) is 16.9. The molecule has 118 valence electrons. The summed E-state index contributed by atoms with van der Waals surface area (Å²) in [7, 11) is 0. The third-order valence-electron chi connectivity index (χ3n) is 5.54. The zero-order valence-electron chi connectivity index (χ0n) is 13.2. The molecule has 4 heteroatoms. The first kappa shape index (κ1) is 15.0. The smallest absolute Gasteiger partial charge is 0.137 e. The molecule has 21 heavy (non-hydrogen) atoms. The van der Waals surface area contributed by atoms with Crippen molar-refractivity contribution in [2.45, 2.75) is 76.7 Å². The molecule has 2 atom stereocenters. The number of aromatic amines is 1. The second-order valence-electron chi connectivity index (χ2n) is 6.94. The van der Waals surface area contributed by atoms with Crippen LogP contribution in [0.4, 0.5) is 0 Å². The van der Waals surface area contributed by atoms with Gasteiger partial charge in [0.1, 0.15) is 12.2 Å². The van der Waals surface area contributed by atoms with Gasteiger partial charge in [-0.05, 0) is 37.6 Å². The Kier molecular flexibility index (Phi) is 5.67. The van der Waals surface area contributed by atoms with Crippen molar-refractivity contribution in [2.75, 3.05) is 6.54 Å². The number of hydrogen-bond acceptors (Lipinski definition) is 3. The summed E-state index contributed by atoms with van der Waals surface area (Å²) in [6, 6.07) is 0.775. The molecule has 0 bridgehead atoms. The Bertz CT molecular complexity index is 384. The minimum atomic E-state index is 0.775. The highest BCUT2D eigenvalue weighted by atomic mass is 15.2. The zero-order chi connectivity index (χ0) is 14.3. The van der Waals surface area contributed by atoms with Gasteiger partial charge in [0.2, 0.25) is 0 Å². The van der Waals surface area contributed by atoms with Crippen LogP contribution in [0.15, 0.2) is 6.33 Å². The Hall–Kier alpha value is -0.900. The van der Waals surface area contributed by atoms with Gasteiger partial charge >= 0.3 is 0 Å². The molecule has 0 amide bonds. The Morgan fingerprint density at radius 3 is 2.67 bits per heavy atom. The summed E-state index contributed by atoms with van der Waals surface area (Å²) < 4.78 is 0. The highest BCUT2D eigenvalue weighted by molar-refractivity contribution is 4.87. The van der Waals surface area contributed by atoms with Gasteiger partial charge < -0.3 is 5.32 Å². The van der Waals surface area contributed by atoms with Crippen LogP contribution in [0, 0.1) is 11.8 Å². The van der Waals surface area contributed by atoms with Gasteiger partial charge in [0, 0.05) is 12.5 Å². The standard InChI is InChI=1S/C17H30N4/c1-2-7-14(8-3-1)15-9-4-5-10-16(15)18-12-6-11-17-19-13-20-21-17/h13-16,18H,1-12H2,(H,19,20,21). The molecule has 1 heterocycles. The van der Waals surface area contributed by atoms with Crippen molar-refractivity contribution < 1.29 is 0 Å². The lowest BCUT2D eigenvalue weighted by Crippen LogP contribution is -2.42. The van der Waals surface area contributed by atoms with E-state index in [1.807, 2.05) is 0 Å². The Balaban J connectivity index is 1.43. The minimum Gasteiger partial charge on any atom is -0.314 e. The first-order valence-corrected chi connectivity index (χ1v) is 9.01. The lowest BCUT2D eigenvalue weighted by molar-refractivity contribution is 0.150. The Morgan fingerprint density at radius 2 is 1.86 bits per heavy atom. The van der Waals surface area contributed by atoms with E-state index in [9.17, 15) is 0 Å². The van der Waals surface area contributed by atoms with Crippen LogP contribution in [0.25, 0.3) is 0 Å². The highest BCUT2D eigenvalue weighted by Crippen LogP contribution is 2.38. The van der Waals surface area contributed by atoms with E-state index in [4.69, 9.17) is 0 Å². The highest BCUT2D eigenvalue weighted by Gasteiger charge is 2.31. The summed E-state index contributed by atoms with van der Waals surface area (Å²) in [4.78, 5) is 4.19. The Labute approximate surface area is 128 Å². The van der Waals surface area contributed by atoms with E-state index >= 15 is 0 Å². The fourth-order valence-corrected chi connectivity index (χ4v) is 4.43. The summed E-state index contributed by atoms with van der Waals surface area (Å²) in [6.45, 7) is 1.12. The van der Waals surface area contributed by atoms with Gasteiger partial charge in [0.05, 0.1) is 0 Å². The molecule has 0 aliphatic heterocycles. The molecule has 0 saturated heterocycles. The monoisotopic (exact) mass is 290 g/mol. The van der Waals surface area contributed by atoms with Crippen LogP contribution >= 0.6 is 0 Å². The molecule has 2 aliphatic rings. The van der Waals surface area contributed by atoms with Crippen molar-refractivity contribution in [2.24, 2.45) is 11.8 Å². The molecule has 0 radical (unpaired) electrons. The predicted molar refractivity (Wildman–Crippen MR) is 85.0 cm³/mol. The van der Waals surface area contributed by atoms with Crippen molar-refractivity contribution in [3.63, 3.8) is 0 Å². The summed E-state index contributed by atoms with van der Waals surface area (Å²) in [5.41, 5.74) is 0. The van der Waals surface area contributed by atoms with Gasteiger partial charge in [-0.25, -0.2) is 4.98 Å². The molecule has 2 aliphatic carbocycles. The molecule has 2 unspecified atom stereocenters. The van der Waals surface area contributed by atoms with E-state index in [2.05, 4.69) is 20.5 Å². The number of aromatic nitrogens is 3. The number of rotatable bonds is 6. The summed E-state index contributed by atoms with van der Waals surface area (Å²) in [5.74, 6) is 2.97. The van der Waals surface area contributed by atoms with Crippen molar-refractivity contribution in [1.29, 1.82) is 0 Å². The maximum atomic E-state index is 4.19. The van der Waals surface area contributed by atoms with E-state index in [1.54, 1.807) is 6.33 Å². The summed E-state index contributed by atoms with van der Waals surface area (Å²) in [5, 5.41) is 10.7. The molecule has 2 fully saturated rings. The fourth-order valence-electron chi connectivity index (χ4n) is 4.43. The van der Waals surface area contributed by atoms with E-state index in [0.29, 0.717) is 0 Å². The van der Waals surface area contributed by atoms with Crippen LogP contribution in [0.3, 0.4) is 0 Å². The van der Waals surface area contributed by atoms with E-state index in [-0.39, 0.29) is 0 Å². The van der Waals surface area contributed by atoms with Crippen LogP contribution in [-0.4, -0.2) is 27.8 Å². The van der Waals surface area contributed by atoms with Crippen molar-refractivity contribution in [3.8, 4) is 0 Å². The number of H-pyrrole nitrogens is 1. The average Bonchev–Trinajstić information content (AvgIpc) is 3.06. The number of nitrogens with zero attached hydrogens (tertiary/aromatic N) is 2. The second-order valence-corrected chi connectivity index (χ2v) is 6.94. The van der Waals surface area contributed by atoms with Crippen molar-refractivity contribution in [1.82, 2.24) is 20.5 Å². The normalized spacial score (nSPS) is 27.8. The maximum absolute atomic E-state index is 4.19. The largest absolute Gasteiger partial charge is 0.314 e. The zero-order valence-corrected chi connectivity index (χ0v) is 13.2.